The highest BCUT2D eigenvalue weighted by Crippen LogP contribution is 2.31. The summed E-state index contributed by atoms with van der Waals surface area (Å²) in [6.45, 7) is 0.621. The Hall–Kier alpha value is -1.14. The summed E-state index contributed by atoms with van der Waals surface area (Å²) >= 11 is 0.434. The highest BCUT2D eigenvalue weighted by atomic mass is 32.2. The number of halogens is 2. The number of nitrogens with two attached hydrogens (primary N) is 1. The molecule has 0 aliphatic heterocycles. The molecule has 1 aromatic rings. The zero-order valence-electron chi connectivity index (χ0n) is 10.6. The molecule has 0 unspecified atom stereocenters. The van der Waals surface area contributed by atoms with Crippen LogP contribution in [0.2, 0.25) is 0 Å². The third-order valence-electron chi connectivity index (χ3n) is 2.49. The van der Waals surface area contributed by atoms with Gasteiger partial charge < -0.3 is 11.1 Å². The molecule has 6 heteroatoms. The number of rotatable bonds is 8. The van der Waals surface area contributed by atoms with Gasteiger partial charge in [0.2, 0.25) is 5.91 Å². The van der Waals surface area contributed by atoms with Crippen LogP contribution in [0.1, 0.15) is 25.7 Å². The van der Waals surface area contributed by atoms with E-state index >= 15 is 0 Å². The Bertz CT molecular complexity index is 402. The predicted molar refractivity (Wildman–Crippen MR) is 74.5 cm³/mol. The number of hydrogen-bond acceptors (Lipinski definition) is 3. The van der Waals surface area contributed by atoms with Crippen LogP contribution in [-0.4, -0.2) is 18.2 Å². The summed E-state index contributed by atoms with van der Waals surface area (Å²) in [5.41, 5.74) is 5.80. The summed E-state index contributed by atoms with van der Waals surface area (Å²) in [6.07, 6.45) is 2.93. The quantitative estimate of drug-likeness (QED) is 0.569. The zero-order chi connectivity index (χ0) is 14.1. The van der Waals surface area contributed by atoms with Gasteiger partial charge in [0.1, 0.15) is 0 Å². The van der Waals surface area contributed by atoms with Gasteiger partial charge in [-0.05, 0) is 31.5 Å². The molecule has 0 atom stereocenters. The Labute approximate surface area is 115 Å². The van der Waals surface area contributed by atoms with E-state index in [4.69, 9.17) is 5.73 Å². The maximum atomic E-state index is 12.4. The van der Waals surface area contributed by atoms with Crippen molar-refractivity contribution in [3.05, 3.63) is 24.3 Å². The van der Waals surface area contributed by atoms with E-state index in [9.17, 15) is 13.6 Å². The number of unbranched alkanes of at least 4 members (excludes halogenated alkanes) is 2. The van der Waals surface area contributed by atoms with Crippen LogP contribution in [0.25, 0.3) is 0 Å². The molecular weight excluding hydrogens is 270 g/mol. The van der Waals surface area contributed by atoms with Gasteiger partial charge in [-0.15, -0.1) is 0 Å². The lowest BCUT2D eigenvalue weighted by molar-refractivity contribution is -0.116. The molecule has 1 aromatic carbocycles. The van der Waals surface area contributed by atoms with Gasteiger partial charge >= 0.3 is 0 Å². The topological polar surface area (TPSA) is 55.1 Å². The molecule has 1 rings (SSSR count). The molecule has 0 saturated carbocycles. The lowest BCUT2D eigenvalue weighted by atomic mass is 10.2. The number of thioether (sulfide) groups is 1. The lowest BCUT2D eigenvalue weighted by Crippen LogP contribution is -2.12. The standard InChI is InChI=1S/C13H18F2N2OS/c14-13(15)19-11-7-4-3-6-10(11)17-12(18)8-2-1-5-9-16/h3-4,6-7,13H,1-2,5,8-9,16H2,(H,17,18). The minimum Gasteiger partial charge on any atom is -0.330 e. The molecule has 19 heavy (non-hydrogen) atoms. The number of nitrogens with one attached hydrogen (secondary N) is 1. The van der Waals surface area contributed by atoms with Crippen LogP contribution in [0.4, 0.5) is 14.5 Å². The van der Waals surface area contributed by atoms with E-state index in [1.54, 1.807) is 24.3 Å². The first-order valence-corrected chi connectivity index (χ1v) is 7.05. The van der Waals surface area contributed by atoms with Gasteiger partial charge in [0, 0.05) is 11.3 Å². The number of carbonyl (C=O) groups is 1. The summed E-state index contributed by atoms with van der Waals surface area (Å²) in [4.78, 5) is 12.1. The van der Waals surface area contributed by atoms with E-state index in [0.29, 0.717) is 35.3 Å². The molecule has 0 aromatic heterocycles. The number of alkyl halides is 2. The van der Waals surface area contributed by atoms with Crippen LogP contribution in [0.5, 0.6) is 0 Å². The van der Waals surface area contributed by atoms with E-state index in [-0.39, 0.29) is 5.91 Å². The maximum Gasteiger partial charge on any atom is 0.288 e. The third-order valence-corrected chi connectivity index (χ3v) is 3.27. The van der Waals surface area contributed by atoms with Gasteiger partial charge in [0.25, 0.3) is 5.76 Å². The molecule has 0 fully saturated rings. The smallest absolute Gasteiger partial charge is 0.288 e. The minimum atomic E-state index is -2.50. The number of para-hydroxylation sites is 1. The van der Waals surface area contributed by atoms with Crippen molar-refractivity contribution in [2.24, 2.45) is 5.73 Å². The summed E-state index contributed by atoms with van der Waals surface area (Å²) in [7, 11) is 0. The Morgan fingerprint density at radius 3 is 2.68 bits per heavy atom. The van der Waals surface area contributed by atoms with Crippen molar-refractivity contribution in [1.29, 1.82) is 0 Å². The fourth-order valence-corrected chi connectivity index (χ4v) is 2.18. The number of carbonyl (C=O) groups excluding carboxylic acids is 1. The molecule has 3 N–H and O–H groups in total. The van der Waals surface area contributed by atoms with Gasteiger partial charge in [-0.25, -0.2) is 0 Å². The minimum absolute atomic E-state index is 0.153. The molecule has 3 nitrogen and oxygen atoms in total. The molecule has 0 aliphatic carbocycles. The second-order valence-electron chi connectivity index (χ2n) is 4.02. The van der Waals surface area contributed by atoms with E-state index in [2.05, 4.69) is 5.32 Å². The second kappa shape index (κ2) is 8.87. The van der Waals surface area contributed by atoms with Crippen LogP contribution in [0, 0.1) is 0 Å². The van der Waals surface area contributed by atoms with Crippen LogP contribution >= 0.6 is 11.8 Å². The van der Waals surface area contributed by atoms with Crippen LogP contribution in [0.15, 0.2) is 29.2 Å². The molecule has 0 radical (unpaired) electrons. The number of amides is 1. The normalized spacial score (nSPS) is 10.7. The first-order chi connectivity index (χ1) is 9.13. The van der Waals surface area contributed by atoms with Gasteiger partial charge in [0.05, 0.1) is 5.69 Å². The van der Waals surface area contributed by atoms with Crippen LogP contribution in [-0.2, 0) is 4.79 Å². The van der Waals surface area contributed by atoms with Crippen molar-refractivity contribution in [1.82, 2.24) is 0 Å². The Balaban J connectivity index is 2.49. The van der Waals surface area contributed by atoms with Crippen molar-refractivity contribution in [2.75, 3.05) is 11.9 Å². The Morgan fingerprint density at radius 1 is 1.26 bits per heavy atom. The largest absolute Gasteiger partial charge is 0.330 e. The second-order valence-corrected chi connectivity index (χ2v) is 5.05. The molecule has 0 bridgehead atoms. The predicted octanol–water partition coefficient (Wildman–Crippen LogP) is 3.46. The summed E-state index contributed by atoms with van der Waals surface area (Å²) in [6, 6.07) is 6.57. The van der Waals surface area contributed by atoms with E-state index in [1.165, 1.54) is 0 Å². The number of anilines is 1. The average molecular weight is 288 g/mol. The molecular formula is C13H18F2N2OS. The zero-order valence-corrected chi connectivity index (χ0v) is 11.4. The first kappa shape index (κ1) is 15.9. The fourth-order valence-electron chi connectivity index (χ4n) is 1.59. The van der Waals surface area contributed by atoms with Gasteiger partial charge in [-0.2, -0.15) is 8.78 Å². The van der Waals surface area contributed by atoms with Crippen molar-refractivity contribution >= 4 is 23.4 Å². The van der Waals surface area contributed by atoms with Crippen molar-refractivity contribution in [2.45, 2.75) is 36.3 Å². The molecule has 0 spiro atoms. The third kappa shape index (κ3) is 6.54. The van der Waals surface area contributed by atoms with Crippen molar-refractivity contribution < 1.29 is 13.6 Å². The van der Waals surface area contributed by atoms with Crippen LogP contribution in [0.3, 0.4) is 0 Å². The molecule has 0 saturated heterocycles. The van der Waals surface area contributed by atoms with Crippen LogP contribution < -0.4 is 11.1 Å². The molecule has 1 amide bonds. The van der Waals surface area contributed by atoms with Crippen molar-refractivity contribution in [3.63, 3.8) is 0 Å². The monoisotopic (exact) mass is 288 g/mol. The Kier molecular flexibility index (Phi) is 7.43. The summed E-state index contributed by atoms with van der Waals surface area (Å²) in [5.74, 6) is -2.65. The summed E-state index contributed by atoms with van der Waals surface area (Å²) in [5, 5.41) is 2.67. The van der Waals surface area contributed by atoms with Gasteiger partial charge in [-0.3, -0.25) is 4.79 Å². The number of hydrogen-bond donors (Lipinski definition) is 2. The van der Waals surface area contributed by atoms with E-state index in [1.807, 2.05) is 0 Å². The molecule has 0 heterocycles. The highest BCUT2D eigenvalue weighted by molar-refractivity contribution is 7.99. The number of benzene rings is 1. The maximum absolute atomic E-state index is 12.4. The van der Waals surface area contributed by atoms with Gasteiger partial charge in [0.15, 0.2) is 0 Å². The molecule has 0 aliphatic rings. The lowest BCUT2D eigenvalue weighted by Gasteiger charge is -2.10. The average Bonchev–Trinajstić information content (AvgIpc) is 2.36. The molecule has 106 valence electrons. The SMILES string of the molecule is NCCCCCC(=O)Nc1ccccc1SC(F)F. The summed E-state index contributed by atoms with van der Waals surface area (Å²) < 4.78 is 24.7. The highest BCUT2D eigenvalue weighted by Gasteiger charge is 2.11. The fraction of sp³-hybridized carbons (Fsp3) is 0.462. The van der Waals surface area contributed by atoms with Crippen molar-refractivity contribution in [3.8, 4) is 0 Å². The Morgan fingerprint density at radius 2 is 2.00 bits per heavy atom. The first-order valence-electron chi connectivity index (χ1n) is 6.17. The van der Waals surface area contributed by atoms with Gasteiger partial charge in [-0.1, -0.05) is 30.3 Å². The van der Waals surface area contributed by atoms with E-state index < -0.39 is 5.76 Å². The van der Waals surface area contributed by atoms with E-state index in [0.717, 1.165) is 19.3 Å².